The summed E-state index contributed by atoms with van der Waals surface area (Å²) in [5, 5.41) is 20.3. The van der Waals surface area contributed by atoms with Crippen LogP contribution >= 0.6 is 0 Å². The second-order valence-electron chi connectivity index (χ2n) is 6.87. The summed E-state index contributed by atoms with van der Waals surface area (Å²) in [5.74, 6) is -1.38. The number of allylic oxidation sites excluding steroid dienone is 1. The van der Waals surface area contributed by atoms with Crippen LogP contribution in [0.5, 0.6) is 11.5 Å². The highest BCUT2D eigenvalue weighted by Gasteiger charge is 2.31. The summed E-state index contributed by atoms with van der Waals surface area (Å²) in [5.41, 5.74) is 7.34. The van der Waals surface area contributed by atoms with Gasteiger partial charge in [-0.25, -0.2) is 9.18 Å². The zero-order valence-electron chi connectivity index (χ0n) is 16.3. The zero-order chi connectivity index (χ0) is 22.8. The van der Waals surface area contributed by atoms with E-state index in [0.29, 0.717) is 11.1 Å². The van der Waals surface area contributed by atoms with E-state index in [1.54, 1.807) is 18.2 Å². The molecule has 0 bridgehead atoms. The first-order valence-corrected chi connectivity index (χ1v) is 9.31. The van der Waals surface area contributed by atoms with E-state index in [9.17, 15) is 24.6 Å². The Morgan fingerprint density at radius 1 is 1.12 bits per heavy atom. The maximum absolute atomic E-state index is 13.4. The van der Waals surface area contributed by atoms with Gasteiger partial charge in [0.25, 0.3) is 5.69 Å². The van der Waals surface area contributed by atoms with Crippen molar-refractivity contribution in [1.82, 2.24) is 0 Å². The molecule has 32 heavy (non-hydrogen) atoms. The van der Waals surface area contributed by atoms with Crippen LogP contribution in [-0.4, -0.2) is 10.9 Å². The lowest BCUT2D eigenvalue weighted by Gasteiger charge is -2.26. The van der Waals surface area contributed by atoms with E-state index in [1.807, 2.05) is 6.07 Å². The third kappa shape index (κ3) is 3.85. The van der Waals surface area contributed by atoms with Gasteiger partial charge in [-0.2, -0.15) is 5.26 Å². The molecule has 0 aliphatic carbocycles. The number of nitrogens with two attached hydrogens (primary N) is 1. The predicted molar refractivity (Wildman–Crippen MR) is 110 cm³/mol. The molecular formula is C23H14FN3O5. The Kier molecular flexibility index (Phi) is 5.27. The van der Waals surface area contributed by atoms with E-state index in [4.69, 9.17) is 15.2 Å². The summed E-state index contributed by atoms with van der Waals surface area (Å²) in [6.07, 6.45) is 0. The molecule has 1 atom stereocenters. The highest BCUT2D eigenvalue weighted by atomic mass is 19.1. The molecule has 0 saturated carbocycles. The number of carbonyl (C=O) groups excluding carboxylic acids is 1. The number of ether oxygens (including phenoxy) is 2. The van der Waals surface area contributed by atoms with Crippen molar-refractivity contribution in [2.75, 3.05) is 0 Å². The number of hydrogen-bond acceptors (Lipinski definition) is 7. The summed E-state index contributed by atoms with van der Waals surface area (Å²) in [6, 6.07) is 17.3. The number of nitrogens with zero attached hydrogens (tertiary/aromatic N) is 2. The van der Waals surface area contributed by atoms with Gasteiger partial charge in [0.1, 0.15) is 29.0 Å². The van der Waals surface area contributed by atoms with E-state index in [0.717, 1.165) is 0 Å². The van der Waals surface area contributed by atoms with Crippen LogP contribution in [0.25, 0.3) is 0 Å². The number of nitriles is 1. The number of esters is 1. The Morgan fingerprint density at radius 3 is 2.44 bits per heavy atom. The quantitative estimate of drug-likeness (QED) is 0.284. The topological polar surface area (TPSA) is 128 Å². The minimum atomic E-state index is -0.716. The average Bonchev–Trinajstić information content (AvgIpc) is 2.78. The van der Waals surface area contributed by atoms with Crippen molar-refractivity contribution in [2.45, 2.75) is 5.92 Å². The molecule has 2 N–H and O–H groups in total. The number of carbonyl (C=O) groups is 1. The van der Waals surface area contributed by atoms with Crippen LogP contribution in [0.3, 0.4) is 0 Å². The van der Waals surface area contributed by atoms with Crippen LogP contribution in [-0.2, 0) is 0 Å². The summed E-state index contributed by atoms with van der Waals surface area (Å²) in [7, 11) is 0. The van der Waals surface area contributed by atoms with E-state index >= 15 is 0 Å². The van der Waals surface area contributed by atoms with Crippen molar-refractivity contribution < 1.29 is 23.6 Å². The molecule has 3 aromatic carbocycles. The average molecular weight is 431 g/mol. The lowest BCUT2D eigenvalue weighted by Crippen LogP contribution is -2.21. The van der Waals surface area contributed by atoms with Gasteiger partial charge in [-0.3, -0.25) is 10.1 Å². The van der Waals surface area contributed by atoms with E-state index in [2.05, 4.69) is 0 Å². The lowest BCUT2D eigenvalue weighted by atomic mass is 9.83. The molecule has 158 valence electrons. The first-order valence-electron chi connectivity index (χ1n) is 9.31. The van der Waals surface area contributed by atoms with Crippen LogP contribution in [0.4, 0.5) is 10.1 Å². The highest BCUT2D eigenvalue weighted by molar-refractivity contribution is 5.91. The monoisotopic (exact) mass is 431 g/mol. The second kappa shape index (κ2) is 8.20. The fourth-order valence-corrected chi connectivity index (χ4v) is 3.38. The molecule has 0 fully saturated rings. The number of fused-ring (bicyclic) bond motifs is 1. The summed E-state index contributed by atoms with van der Waals surface area (Å²) >= 11 is 0. The van der Waals surface area contributed by atoms with Gasteiger partial charge in [0.2, 0.25) is 5.88 Å². The number of nitro groups is 1. The van der Waals surface area contributed by atoms with Crippen molar-refractivity contribution in [1.29, 1.82) is 5.26 Å². The smallest absolute Gasteiger partial charge is 0.343 e. The Balaban J connectivity index is 1.64. The van der Waals surface area contributed by atoms with Gasteiger partial charge < -0.3 is 15.2 Å². The number of halogens is 1. The summed E-state index contributed by atoms with van der Waals surface area (Å²) < 4.78 is 24.3. The number of non-ortho nitro benzene ring substituents is 1. The van der Waals surface area contributed by atoms with Crippen LogP contribution in [0.2, 0.25) is 0 Å². The molecule has 0 spiro atoms. The first kappa shape index (κ1) is 20.6. The van der Waals surface area contributed by atoms with Gasteiger partial charge in [-0.15, -0.1) is 0 Å². The van der Waals surface area contributed by atoms with Crippen molar-refractivity contribution >= 4 is 11.7 Å². The molecule has 9 heteroatoms. The number of benzene rings is 3. The SMILES string of the molecule is N#CC1=C(N)Oc2cc(OC(=O)c3ccc([N+](=O)[O-])cc3)ccc2C1c1ccc(F)cc1. The predicted octanol–water partition coefficient (Wildman–Crippen LogP) is 4.17. The molecule has 8 nitrogen and oxygen atoms in total. The van der Waals surface area contributed by atoms with Crippen LogP contribution < -0.4 is 15.2 Å². The number of nitro benzene ring substituents is 1. The van der Waals surface area contributed by atoms with Crippen molar-refractivity contribution in [3.8, 4) is 17.6 Å². The van der Waals surface area contributed by atoms with Gasteiger partial charge in [0.05, 0.1) is 16.4 Å². The van der Waals surface area contributed by atoms with Gasteiger partial charge in [0, 0.05) is 23.8 Å². The van der Waals surface area contributed by atoms with E-state index < -0.39 is 22.6 Å². The molecule has 1 aliphatic heterocycles. The molecular weight excluding hydrogens is 417 g/mol. The summed E-state index contributed by atoms with van der Waals surface area (Å²) in [6.45, 7) is 0. The minimum absolute atomic E-state index is 0.104. The largest absolute Gasteiger partial charge is 0.440 e. The van der Waals surface area contributed by atoms with E-state index in [1.165, 1.54) is 48.5 Å². The molecule has 0 amide bonds. The van der Waals surface area contributed by atoms with Crippen LogP contribution in [0, 0.1) is 27.3 Å². The van der Waals surface area contributed by atoms with Crippen molar-refractivity contribution in [3.63, 3.8) is 0 Å². The third-order valence-corrected chi connectivity index (χ3v) is 4.92. The second-order valence-corrected chi connectivity index (χ2v) is 6.87. The van der Waals surface area contributed by atoms with Crippen LogP contribution in [0.1, 0.15) is 27.4 Å². The number of rotatable bonds is 4. The maximum atomic E-state index is 13.4. The van der Waals surface area contributed by atoms with Crippen LogP contribution in [0.15, 0.2) is 78.2 Å². The Hall–Kier alpha value is -4.71. The number of hydrogen-bond donors (Lipinski definition) is 1. The van der Waals surface area contributed by atoms with Gasteiger partial charge >= 0.3 is 5.97 Å². The Labute approximate surface area is 181 Å². The fourth-order valence-electron chi connectivity index (χ4n) is 3.38. The molecule has 4 rings (SSSR count). The highest BCUT2D eigenvalue weighted by Crippen LogP contribution is 2.43. The van der Waals surface area contributed by atoms with Gasteiger partial charge in [0.15, 0.2) is 0 Å². The van der Waals surface area contributed by atoms with Crippen molar-refractivity contribution in [2.24, 2.45) is 5.73 Å². The standard InChI is InChI=1S/C23H14FN3O5/c24-15-5-1-13(2-6-15)21-18-10-9-17(11-20(18)32-22(26)19(21)12-25)31-23(28)14-3-7-16(8-4-14)27(29)30/h1-11,21H,26H2. The Bertz CT molecular complexity index is 1290. The molecule has 0 radical (unpaired) electrons. The maximum Gasteiger partial charge on any atom is 0.343 e. The summed E-state index contributed by atoms with van der Waals surface area (Å²) in [4.78, 5) is 22.6. The first-order chi connectivity index (χ1) is 15.4. The molecule has 1 aliphatic rings. The molecule has 3 aromatic rings. The Morgan fingerprint density at radius 2 is 1.81 bits per heavy atom. The van der Waals surface area contributed by atoms with E-state index in [-0.39, 0.29) is 34.2 Å². The molecule has 0 saturated heterocycles. The van der Waals surface area contributed by atoms with Crippen molar-refractivity contribution in [3.05, 3.63) is 111 Å². The fraction of sp³-hybridized carbons (Fsp3) is 0.0435. The zero-order valence-corrected chi connectivity index (χ0v) is 16.3. The normalized spacial score (nSPS) is 14.7. The lowest BCUT2D eigenvalue weighted by molar-refractivity contribution is -0.384. The van der Waals surface area contributed by atoms with Gasteiger partial charge in [-0.05, 0) is 35.9 Å². The molecule has 1 heterocycles. The van der Waals surface area contributed by atoms with Gasteiger partial charge in [-0.1, -0.05) is 18.2 Å². The minimum Gasteiger partial charge on any atom is -0.440 e. The third-order valence-electron chi connectivity index (χ3n) is 4.92. The molecule has 0 aromatic heterocycles. The molecule has 1 unspecified atom stereocenters.